The van der Waals surface area contributed by atoms with E-state index < -0.39 is 5.97 Å². The van der Waals surface area contributed by atoms with Gasteiger partial charge in [-0.3, -0.25) is 0 Å². The molecule has 2 aromatic rings. The molecule has 1 aromatic carbocycles. The second-order valence-corrected chi connectivity index (χ2v) is 4.83. The van der Waals surface area contributed by atoms with Crippen LogP contribution in [0.15, 0.2) is 36.4 Å². The van der Waals surface area contributed by atoms with E-state index in [0.29, 0.717) is 19.0 Å². The van der Waals surface area contributed by atoms with Gasteiger partial charge in [0, 0.05) is 0 Å². The summed E-state index contributed by atoms with van der Waals surface area (Å²) in [7, 11) is 0. The second kappa shape index (κ2) is 6.95. The number of pyridine rings is 1. The first-order valence-electron chi connectivity index (χ1n) is 6.39. The number of nitrogens with zero attached hydrogens (tertiary/aromatic N) is 1. The highest BCUT2D eigenvalue weighted by molar-refractivity contribution is 6.33. The summed E-state index contributed by atoms with van der Waals surface area (Å²) in [6.45, 7) is 2.94. The molecule has 0 unspecified atom stereocenters. The highest BCUT2D eigenvalue weighted by atomic mass is 35.5. The Bertz CT molecular complexity index is 647. The monoisotopic (exact) mass is 306 g/mol. The van der Waals surface area contributed by atoms with Gasteiger partial charge in [0.1, 0.15) is 18.2 Å². The van der Waals surface area contributed by atoms with Crippen molar-refractivity contribution in [1.82, 2.24) is 4.98 Å². The van der Waals surface area contributed by atoms with Gasteiger partial charge in [-0.25, -0.2) is 9.78 Å². The Morgan fingerprint density at radius 3 is 2.90 bits per heavy atom. The summed E-state index contributed by atoms with van der Waals surface area (Å²) in [4.78, 5) is 14.9. The van der Waals surface area contributed by atoms with E-state index in [1.54, 1.807) is 6.07 Å². The molecule has 1 heterocycles. The molecule has 0 atom stereocenters. The van der Waals surface area contributed by atoms with Crippen molar-refractivity contribution in [2.45, 2.75) is 6.92 Å². The summed E-state index contributed by atoms with van der Waals surface area (Å²) >= 11 is 5.75. The average molecular weight is 307 g/mol. The van der Waals surface area contributed by atoms with Crippen molar-refractivity contribution in [2.24, 2.45) is 0 Å². The van der Waals surface area contributed by atoms with Gasteiger partial charge in [0.2, 0.25) is 0 Å². The summed E-state index contributed by atoms with van der Waals surface area (Å²) in [6.07, 6.45) is 0. The van der Waals surface area contributed by atoms with E-state index in [1.165, 1.54) is 6.07 Å². The number of hydrogen-bond acceptors (Lipinski definition) is 4. The molecule has 21 heavy (non-hydrogen) atoms. The molecule has 0 bridgehead atoms. The number of rotatable bonds is 6. The lowest BCUT2D eigenvalue weighted by Crippen LogP contribution is -2.13. The van der Waals surface area contributed by atoms with Gasteiger partial charge in [-0.2, -0.15) is 0 Å². The van der Waals surface area contributed by atoms with Crippen LogP contribution < -0.4 is 10.1 Å². The average Bonchev–Trinajstić information content (AvgIpc) is 2.45. The van der Waals surface area contributed by atoms with Gasteiger partial charge in [0.25, 0.3) is 0 Å². The number of aromatic carboxylic acids is 1. The van der Waals surface area contributed by atoms with Gasteiger partial charge in [0.15, 0.2) is 5.69 Å². The predicted molar refractivity (Wildman–Crippen MR) is 81.4 cm³/mol. The standard InChI is InChI=1S/C15H15ClN2O3/c1-10-3-2-4-11(9-10)21-8-7-17-13-6-5-12(16)14(18-13)15(19)20/h2-6,9H,7-8H2,1H3,(H,17,18)(H,19,20). The predicted octanol–water partition coefficient (Wildman–Crippen LogP) is 3.23. The molecular formula is C15H15ClN2O3. The number of carbonyl (C=O) groups is 1. The summed E-state index contributed by atoms with van der Waals surface area (Å²) in [6, 6.07) is 10.9. The molecule has 1 aromatic heterocycles. The van der Waals surface area contributed by atoms with Crippen molar-refractivity contribution in [2.75, 3.05) is 18.5 Å². The molecule has 5 nitrogen and oxygen atoms in total. The fraction of sp³-hybridized carbons (Fsp3) is 0.200. The molecule has 2 rings (SSSR count). The maximum absolute atomic E-state index is 10.9. The van der Waals surface area contributed by atoms with Gasteiger partial charge in [-0.05, 0) is 36.8 Å². The molecule has 0 aliphatic rings. The third-order valence-electron chi connectivity index (χ3n) is 2.72. The number of ether oxygens (including phenoxy) is 1. The number of aryl methyl sites for hydroxylation is 1. The third kappa shape index (κ3) is 4.36. The Hall–Kier alpha value is -2.27. The zero-order chi connectivity index (χ0) is 15.2. The normalized spacial score (nSPS) is 10.2. The molecular weight excluding hydrogens is 292 g/mol. The van der Waals surface area contributed by atoms with Crippen molar-refractivity contribution < 1.29 is 14.6 Å². The van der Waals surface area contributed by atoms with Crippen LogP contribution >= 0.6 is 11.6 Å². The molecule has 110 valence electrons. The lowest BCUT2D eigenvalue weighted by atomic mass is 10.2. The number of aromatic nitrogens is 1. The first-order chi connectivity index (χ1) is 10.1. The van der Waals surface area contributed by atoms with Gasteiger partial charge >= 0.3 is 5.97 Å². The Morgan fingerprint density at radius 2 is 2.19 bits per heavy atom. The molecule has 0 aliphatic heterocycles. The van der Waals surface area contributed by atoms with Crippen molar-refractivity contribution >= 4 is 23.4 Å². The Labute approximate surface area is 127 Å². The van der Waals surface area contributed by atoms with E-state index in [1.807, 2.05) is 31.2 Å². The maximum Gasteiger partial charge on any atom is 0.356 e. The molecule has 0 fully saturated rings. The number of carboxylic acids is 1. The lowest BCUT2D eigenvalue weighted by Gasteiger charge is -2.09. The second-order valence-electron chi connectivity index (χ2n) is 4.42. The first-order valence-corrected chi connectivity index (χ1v) is 6.77. The van der Waals surface area contributed by atoms with Gasteiger partial charge in [0.05, 0.1) is 11.6 Å². The minimum atomic E-state index is -1.15. The molecule has 0 saturated heterocycles. The van der Waals surface area contributed by atoms with E-state index in [4.69, 9.17) is 21.4 Å². The zero-order valence-corrected chi connectivity index (χ0v) is 12.2. The number of halogens is 1. The quantitative estimate of drug-likeness (QED) is 0.802. The summed E-state index contributed by atoms with van der Waals surface area (Å²) in [5, 5.41) is 12.0. The third-order valence-corrected chi connectivity index (χ3v) is 3.02. The van der Waals surface area contributed by atoms with Crippen LogP contribution in [0, 0.1) is 6.92 Å². The topological polar surface area (TPSA) is 71.5 Å². The Kier molecular flexibility index (Phi) is 5.00. The van der Waals surface area contributed by atoms with E-state index >= 15 is 0 Å². The molecule has 0 saturated carbocycles. The van der Waals surface area contributed by atoms with Crippen molar-refractivity contribution in [3.8, 4) is 5.75 Å². The Morgan fingerprint density at radius 1 is 1.38 bits per heavy atom. The number of anilines is 1. The zero-order valence-electron chi connectivity index (χ0n) is 11.5. The van der Waals surface area contributed by atoms with E-state index in [2.05, 4.69) is 10.3 Å². The molecule has 2 N–H and O–H groups in total. The first kappa shape index (κ1) is 15.1. The molecule has 6 heteroatoms. The number of hydrogen-bond donors (Lipinski definition) is 2. The minimum absolute atomic E-state index is 0.115. The minimum Gasteiger partial charge on any atom is -0.492 e. The lowest BCUT2D eigenvalue weighted by molar-refractivity contribution is 0.0691. The summed E-state index contributed by atoms with van der Waals surface area (Å²) in [5.41, 5.74) is 0.965. The highest BCUT2D eigenvalue weighted by Crippen LogP contribution is 2.16. The SMILES string of the molecule is Cc1cccc(OCCNc2ccc(Cl)c(C(=O)O)n2)c1. The van der Waals surface area contributed by atoms with Crippen LogP contribution in [0.2, 0.25) is 5.02 Å². The van der Waals surface area contributed by atoms with Gasteiger partial charge in [-0.15, -0.1) is 0 Å². The van der Waals surface area contributed by atoms with E-state index in [9.17, 15) is 4.79 Å². The summed E-state index contributed by atoms with van der Waals surface area (Å²) in [5.74, 6) is 0.0939. The van der Waals surface area contributed by atoms with E-state index in [-0.39, 0.29) is 10.7 Å². The van der Waals surface area contributed by atoms with E-state index in [0.717, 1.165) is 11.3 Å². The molecule has 0 amide bonds. The highest BCUT2D eigenvalue weighted by Gasteiger charge is 2.11. The number of carboxylic acid groups (broad SMARTS) is 1. The van der Waals surface area contributed by atoms with Crippen molar-refractivity contribution in [3.63, 3.8) is 0 Å². The van der Waals surface area contributed by atoms with Crippen molar-refractivity contribution in [3.05, 3.63) is 52.7 Å². The largest absolute Gasteiger partial charge is 0.492 e. The Balaban J connectivity index is 1.86. The smallest absolute Gasteiger partial charge is 0.356 e. The maximum atomic E-state index is 10.9. The van der Waals surface area contributed by atoms with Gasteiger partial charge in [-0.1, -0.05) is 23.7 Å². The van der Waals surface area contributed by atoms with Crippen LogP contribution in [0.3, 0.4) is 0 Å². The van der Waals surface area contributed by atoms with Crippen LogP contribution in [-0.2, 0) is 0 Å². The fourth-order valence-corrected chi connectivity index (χ4v) is 1.93. The van der Waals surface area contributed by atoms with Crippen LogP contribution in [0.4, 0.5) is 5.82 Å². The number of benzene rings is 1. The molecule has 0 spiro atoms. The number of nitrogens with one attached hydrogen (secondary N) is 1. The van der Waals surface area contributed by atoms with Crippen LogP contribution in [0.5, 0.6) is 5.75 Å². The van der Waals surface area contributed by atoms with Crippen molar-refractivity contribution in [1.29, 1.82) is 0 Å². The van der Waals surface area contributed by atoms with Crippen LogP contribution in [0.25, 0.3) is 0 Å². The molecule has 0 aliphatic carbocycles. The fourth-order valence-electron chi connectivity index (χ4n) is 1.74. The van der Waals surface area contributed by atoms with Gasteiger partial charge < -0.3 is 15.2 Å². The van der Waals surface area contributed by atoms with Crippen LogP contribution in [-0.4, -0.2) is 29.2 Å². The molecule has 0 radical (unpaired) electrons. The summed E-state index contributed by atoms with van der Waals surface area (Å²) < 4.78 is 5.58. The van der Waals surface area contributed by atoms with Crippen LogP contribution in [0.1, 0.15) is 16.1 Å².